The lowest BCUT2D eigenvalue weighted by Gasteiger charge is -2.08. The Morgan fingerprint density at radius 1 is 1.29 bits per heavy atom. The van der Waals surface area contributed by atoms with Crippen LogP contribution in [0.15, 0.2) is 45.8 Å². The van der Waals surface area contributed by atoms with Crippen molar-refractivity contribution in [3.05, 3.63) is 57.8 Å². The number of benzene rings is 1. The average molecular weight is 370 g/mol. The van der Waals surface area contributed by atoms with E-state index in [0.29, 0.717) is 10.2 Å². The number of aromatic carboxylic acids is 1. The molecular formula is C14H12BrNO4S. The van der Waals surface area contributed by atoms with Crippen molar-refractivity contribution >= 4 is 31.7 Å². The average Bonchev–Trinajstić information content (AvgIpc) is 2.38. The highest BCUT2D eigenvalue weighted by molar-refractivity contribution is 9.10. The van der Waals surface area contributed by atoms with Crippen LogP contribution in [0.5, 0.6) is 0 Å². The number of aryl methyl sites for hydroxylation is 1. The van der Waals surface area contributed by atoms with Gasteiger partial charge in [0.15, 0.2) is 9.84 Å². The number of carboxylic acid groups (broad SMARTS) is 1. The van der Waals surface area contributed by atoms with E-state index in [0.717, 1.165) is 11.8 Å². The number of nitrogens with zero attached hydrogens (tertiary/aromatic N) is 1. The number of sulfone groups is 1. The molecule has 0 spiro atoms. The van der Waals surface area contributed by atoms with Crippen LogP contribution in [0.25, 0.3) is 0 Å². The fraction of sp³-hybridized carbons (Fsp3) is 0.143. The fourth-order valence-corrected chi connectivity index (χ4v) is 4.19. The molecule has 0 aliphatic carbocycles. The second-order valence-electron chi connectivity index (χ2n) is 4.48. The summed E-state index contributed by atoms with van der Waals surface area (Å²) < 4.78 is 25.2. The van der Waals surface area contributed by atoms with Gasteiger partial charge in [0.1, 0.15) is 0 Å². The molecule has 1 heterocycles. The molecule has 0 atom stereocenters. The zero-order valence-electron chi connectivity index (χ0n) is 11.1. The Labute approximate surface area is 130 Å². The molecule has 0 saturated heterocycles. The Morgan fingerprint density at radius 2 is 2.00 bits per heavy atom. The van der Waals surface area contributed by atoms with Crippen molar-refractivity contribution in [3.63, 3.8) is 0 Å². The summed E-state index contributed by atoms with van der Waals surface area (Å²) in [6, 6.07) is 9.04. The van der Waals surface area contributed by atoms with Gasteiger partial charge in [0.05, 0.1) is 21.9 Å². The van der Waals surface area contributed by atoms with E-state index in [1.807, 2.05) is 0 Å². The van der Waals surface area contributed by atoms with E-state index in [-0.39, 0.29) is 16.2 Å². The van der Waals surface area contributed by atoms with Gasteiger partial charge in [0.2, 0.25) is 0 Å². The van der Waals surface area contributed by atoms with Crippen LogP contribution in [0.2, 0.25) is 0 Å². The largest absolute Gasteiger partial charge is 0.478 e. The number of aromatic nitrogens is 1. The van der Waals surface area contributed by atoms with E-state index in [9.17, 15) is 13.2 Å². The van der Waals surface area contributed by atoms with E-state index in [1.54, 1.807) is 25.1 Å². The smallest absolute Gasteiger partial charge is 0.335 e. The predicted molar refractivity (Wildman–Crippen MR) is 81.0 cm³/mol. The van der Waals surface area contributed by atoms with Gasteiger partial charge < -0.3 is 5.11 Å². The van der Waals surface area contributed by atoms with Gasteiger partial charge >= 0.3 is 5.97 Å². The number of halogens is 1. The zero-order chi connectivity index (χ0) is 15.6. The standard InChI is InChI=1S/C14H12BrNO4S/c1-9-3-2-4-11(16-9)8-21(19,20)13-7-10(14(17)18)5-6-12(13)15/h2-7H,8H2,1H3,(H,17,18). The Balaban J connectivity index is 2.44. The van der Waals surface area contributed by atoms with E-state index in [1.165, 1.54) is 12.1 Å². The van der Waals surface area contributed by atoms with Crippen molar-refractivity contribution in [2.24, 2.45) is 0 Å². The fourth-order valence-electron chi connectivity index (χ4n) is 1.83. The molecule has 0 aliphatic rings. The summed E-state index contributed by atoms with van der Waals surface area (Å²) in [5.74, 6) is -1.45. The van der Waals surface area contributed by atoms with Crippen LogP contribution >= 0.6 is 15.9 Å². The van der Waals surface area contributed by atoms with Gasteiger partial charge in [-0.05, 0) is 53.2 Å². The Morgan fingerprint density at radius 3 is 2.62 bits per heavy atom. The lowest BCUT2D eigenvalue weighted by atomic mass is 10.2. The molecule has 1 aromatic heterocycles. The van der Waals surface area contributed by atoms with Crippen molar-refractivity contribution in [3.8, 4) is 0 Å². The molecule has 0 radical (unpaired) electrons. The Bertz CT molecular complexity index is 802. The third-order valence-electron chi connectivity index (χ3n) is 2.80. The van der Waals surface area contributed by atoms with Crippen LogP contribution in [0.1, 0.15) is 21.7 Å². The number of carboxylic acids is 1. The maximum absolute atomic E-state index is 12.4. The molecule has 7 heteroatoms. The minimum Gasteiger partial charge on any atom is -0.478 e. The van der Waals surface area contributed by atoms with Crippen molar-refractivity contribution in [2.75, 3.05) is 0 Å². The summed E-state index contributed by atoms with van der Waals surface area (Å²) in [6.07, 6.45) is 0. The predicted octanol–water partition coefficient (Wildman–Crippen LogP) is 2.82. The van der Waals surface area contributed by atoms with Gasteiger partial charge in [0, 0.05) is 10.2 Å². The number of hydrogen-bond donors (Lipinski definition) is 1. The molecule has 2 aromatic rings. The first kappa shape index (κ1) is 15.7. The summed E-state index contributed by atoms with van der Waals surface area (Å²) in [5, 5.41) is 8.97. The quantitative estimate of drug-likeness (QED) is 0.895. The summed E-state index contributed by atoms with van der Waals surface area (Å²) in [7, 11) is -3.69. The van der Waals surface area contributed by atoms with Crippen LogP contribution in [0, 0.1) is 6.92 Å². The van der Waals surface area contributed by atoms with E-state index < -0.39 is 15.8 Å². The highest BCUT2D eigenvalue weighted by Crippen LogP contribution is 2.26. The monoisotopic (exact) mass is 369 g/mol. The summed E-state index contributed by atoms with van der Waals surface area (Å²) in [5.41, 5.74) is 1.07. The Hall–Kier alpha value is -1.73. The molecule has 0 fully saturated rings. The second-order valence-corrected chi connectivity index (χ2v) is 7.29. The minimum absolute atomic E-state index is 0.0503. The SMILES string of the molecule is Cc1cccc(CS(=O)(=O)c2cc(C(=O)O)ccc2Br)n1. The number of rotatable bonds is 4. The van der Waals surface area contributed by atoms with Crippen LogP contribution < -0.4 is 0 Å². The van der Waals surface area contributed by atoms with Crippen LogP contribution in [0.3, 0.4) is 0 Å². The summed E-state index contributed by atoms with van der Waals surface area (Å²) >= 11 is 3.15. The van der Waals surface area contributed by atoms with Crippen molar-refractivity contribution in [1.82, 2.24) is 4.98 Å². The van der Waals surface area contributed by atoms with Gasteiger partial charge in [-0.1, -0.05) is 6.07 Å². The van der Waals surface area contributed by atoms with Gasteiger partial charge in [-0.25, -0.2) is 13.2 Å². The maximum atomic E-state index is 12.4. The van der Waals surface area contributed by atoms with Gasteiger partial charge in [-0.15, -0.1) is 0 Å². The molecule has 2 rings (SSSR count). The molecular weight excluding hydrogens is 358 g/mol. The lowest BCUT2D eigenvalue weighted by molar-refractivity contribution is 0.0696. The zero-order valence-corrected chi connectivity index (χ0v) is 13.5. The third-order valence-corrected chi connectivity index (χ3v) is 5.43. The van der Waals surface area contributed by atoms with Crippen molar-refractivity contribution in [1.29, 1.82) is 0 Å². The first-order valence-electron chi connectivity index (χ1n) is 5.98. The molecule has 5 nitrogen and oxygen atoms in total. The van der Waals surface area contributed by atoms with E-state index in [2.05, 4.69) is 20.9 Å². The Kier molecular flexibility index (Phi) is 4.43. The molecule has 0 aliphatic heterocycles. The minimum atomic E-state index is -3.69. The highest BCUT2D eigenvalue weighted by atomic mass is 79.9. The molecule has 0 unspecified atom stereocenters. The van der Waals surface area contributed by atoms with Gasteiger partial charge in [0.25, 0.3) is 0 Å². The molecule has 0 amide bonds. The maximum Gasteiger partial charge on any atom is 0.335 e. The van der Waals surface area contributed by atoms with Crippen molar-refractivity contribution in [2.45, 2.75) is 17.6 Å². The number of carbonyl (C=O) groups is 1. The molecule has 0 bridgehead atoms. The van der Waals surface area contributed by atoms with Crippen LogP contribution in [-0.4, -0.2) is 24.5 Å². The van der Waals surface area contributed by atoms with Gasteiger partial charge in [-0.3, -0.25) is 4.98 Å². The molecule has 1 aromatic carbocycles. The van der Waals surface area contributed by atoms with Crippen LogP contribution in [0.4, 0.5) is 0 Å². The second kappa shape index (κ2) is 5.95. The number of hydrogen-bond acceptors (Lipinski definition) is 4. The molecule has 21 heavy (non-hydrogen) atoms. The first-order valence-corrected chi connectivity index (χ1v) is 8.42. The highest BCUT2D eigenvalue weighted by Gasteiger charge is 2.21. The van der Waals surface area contributed by atoms with E-state index in [4.69, 9.17) is 5.11 Å². The van der Waals surface area contributed by atoms with Gasteiger partial charge in [-0.2, -0.15) is 0 Å². The number of pyridine rings is 1. The topological polar surface area (TPSA) is 84.3 Å². The summed E-state index contributed by atoms with van der Waals surface area (Å²) in [6.45, 7) is 1.77. The first-order chi connectivity index (χ1) is 9.79. The summed E-state index contributed by atoms with van der Waals surface area (Å²) in [4.78, 5) is 15.1. The molecule has 0 saturated carbocycles. The normalized spacial score (nSPS) is 11.3. The van der Waals surface area contributed by atoms with E-state index >= 15 is 0 Å². The van der Waals surface area contributed by atoms with Crippen molar-refractivity contribution < 1.29 is 18.3 Å². The lowest BCUT2D eigenvalue weighted by Crippen LogP contribution is -2.09. The van der Waals surface area contributed by atoms with Crippen LogP contribution in [-0.2, 0) is 15.6 Å². The molecule has 1 N–H and O–H groups in total. The third kappa shape index (κ3) is 3.68. The molecule has 110 valence electrons.